The molecule has 8 heteroatoms. The maximum absolute atomic E-state index is 12.9. The van der Waals surface area contributed by atoms with Gasteiger partial charge in [0.05, 0.1) is 5.39 Å². The predicted molar refractivity (Wildman–Crippen MR) is 123 cm³/mol. The quantitative estimate of drug-likeness (QED) is 0.512. The third kappa shape index (κ3) is 4.98. The number of hydrogen-bond donors (Lipinski definition) is 3. The van der Waals surface area contributed by atoms with E-state index in [0.717, 1.165) is 6.42 Å². The van der Waals surface area contributed by atoms with Crippen LogP contribution >= 0.6 is 12.2 Å². The van der Waals surface area contributed by atoms with Gasteiger partial charge in [-0.3, -0.25) is 20.4 Å². The molecule has 2 aromatic rings. The van der Waals surface area contributed by atoms with Gasteiger partial charge in [0.15, 0.2) is 10.8 Å². The van der Waals surface area contributed by atoms with Crippen molar-refractivity contribution in [3.8, 4) is 0 Å². The fraction of sp³-hybridized carbons (Fsp3) is 0.545. The Morgan fingerprint density at radius 3 is 2.60 bits per heavy atom. The minimum atomic E-state index is -0.432. The highest BCUT2D eigenvalue weighted by Gasteiger charge is 2.27. The highest BCUT2D eigenvalue weighted by molar-refractivity contribution is 7.80. The molecule has 0 aliphatic heterocycles. The van der Waals surface area contributed by atoms with E-state index >= 15 is 0 Å². The molecule has 0 radical (unpaired) electrons. The van der Waals surface area contributed by atoms with Gasteiger partial charge in [0.25, 0.3) is 11.5 Å². The highest BCUT2D eigenvalue weighted by Crippen LogP contribution is 2.29. The van der Waals surface area contributed by atoms with Crippen LogP contribution in [0.1, 0.15) is 57.4 Å². The first-order valence-corrected chi connectivity index (χ1v) is 11.1. The minimum absolute atomic E-state index is 0.193. The first-order valence-electron chi connectivity index (χ1n) is 10.6. The second kappa shape index (κ2) is 9.55. The molecule has 1 heterocycles. The van der Waals surface area contributed by atoms with Gasteiger partial charge in [-0.15, -0.1) is 0 Å². The van der Waals surface area contributed by atoms with Crippen molar-refractivity contribution in [3.63, 3.8) is 0 Å². The third-order valence-electron chi connectivity index (χ3n) is 5.93. The fourth-order valence-electron chi connectivity index (χ4n) is 4.04. The van der Waals surface area contributed by atoms with Crippen molar-refractivity contribution >= 4 is 34.0 Å². The zero-order valence-electron chi connectivity index (χ0n) is 18.1. The number of benzene rings is 1. The summed E-state index contributed by atoms with van der Waals surface area (Å²) in [4.78, 5) is 25.6. The van der Waals surface area contributed by atoms with Gasteiger partial charge in [0.1, 0.15) is 0 Å². The largest absolute Gasteiger partial charge is 0.358 e. The number of hydrazine groups is 1. The molecule has 1 aliphatic rings. The molecule has 1 aromatic carbocycles. The van der Waals surface area contributed by atoms with Gasteiger partial charge in [0, 0.05) is 18.0 Å². The van der Waals surface area contributed by atoms with E-state index in [0.29, 0.717) is 34.3 Å². The second-order valence-corrected chi connectivity index (χ2v) is 9.11. The van der Waals surface area contributed by atoms with Crippen molar-refractivity contribution < 1.29 is 4.79 Å². The van der Waals surface area contributed by atoms with Gasteiger partial charge in [-0.2, -0.15) is 5.10 Å². The zero-order chi connectivity index (χ0) is 21.8. The summed E-state index contributed by atoms with van der Waals surface area (Å²) in [5.41, 5.74) is 5.43. The van der Waals surface area contributed by atoms with Crippen LogP contribution in [0.2, 0.25) is 0 Å². The molecule has 3 atom stereocenters. The van der Waals surface area contributed by atoms with Crippen LogP contribution in [0.15, 0.2) is 29.1 Å². The number of carbonyl (C=O) groups is 1. The predicted octanol–water partition coefficient (Wildman–Crippen LogP) is 2.99. The lowest BCUT2D eigenvalue weighted by Gasteiger charge is -2.35. The van der Waals surface area contributed by atoms with Crippen LogP contribution in [0.25, 0.3) is 10.8 Å². The standard InChI is InChI=1S/C22H31N5O2S/c1-13(2)12-27-21(29)17-10-6-5-9-16(17)19(26-27)20(28)24-25-22(30)23-18-11-7-8-14(3)15(18)4/h5-6,9-10,13-15,18H,7-8,11-12H2,1-4H3,(H,24,28)(H2,23,25,30)/t14-,15+,18-/m0/s1. The number of aromatic nitrogens is 2. The van der Waals surface area contributed by atoms with Crippen LogP contribution in [0.5, 0.6) is 0 Å². The molecule has 1 fully saturated rings. The number of hydrogen-bond acceptors (Lipinski definition) is 4. The first-order chi connectivity index (χ1) is 14.3. The van der Waals surface area contributed by atoms with Gasteiger partial charge < -0.3 is 5.32 Å². The summed E-state index contributed by atoms with van der Waals surface area (Å²) in [5, 5.41) is 9.05. The fourth-order valence-corrected chi connectivity index (χ4v) is 4.24. The molecule has 1 amide bonds. The van der Waals surface area contributed by atoms with Gasteiger partial charge in [-0.05, 0) is 42.5 Å². The monoisotopic (exact) mass is 429 g/mol. The summed E-state index contributed by atoms with van der Waals surface area (Å²) >= 11 is 5.38. The molecule has 1 saturated carbocycles. The zero-order valence-corrected chi connectivity index (χ0v) is 18.9. The number of rotatable bonds is 4. The second-order valence-electron chi connectivity index (χ2n) is 8.70. The maximum Gasteiger partial charge on any atom is 0.290 e. The summed E-state index contributed by atoms with van der Waals surface area (Å²) < 4.78 is 1.36. The van der Waals surface area contributed by atoms with E-state index in [1.807, 2.05) is 13.8 Å². The summed E-state index contributed by atoms with van der Waals surface area (Å²) in [7, 11) is 0. The Kier molecular flexibility index (Phi) is 7.07. The topological polar surface area (TPSA) is 88.1 Å². The lowest BCUT2D eigenvalue weighted by atomic mass is 9.78. The molecule has 3 rings (SSSR count). The Hall–Kier alpha value is -2.48. The minimum Gasteiger partial charge on any atom is -0.358 e. The van der Waals surface area contributed by atoms with Gasteiger partial charge in [-0.1, -0.05) is 58.7 Å². The average molecular weight is 430 g/mol. The molecule has 30 heavy (non-hydrogen) atoms. The molecule has 7 nitrogen and oxygen atoms in total. The third-order valence-corrected chi connectivity index (χ3v) is 6.15. The maximum atomic E-state index is 12.9. The molecule has 3 N–H and O–H groups in total. The Morgan fingerprint density at radius 2 is 1.90 bits per heavy atom. The molecule has 1 aromatic heterocycles. The van der Waals surface area contributed by atoms with Crippen LogP contribution in [0.3, 0.4) is 0 Å². The van der Waals surface area contributed by atoms with E-state index in [1.54, 1.807) is 24.3 Å². The van der Waals surface area contributed by atoms with Crippen molar-refractivity contribution in [2.45, 2.75) is 59.5 Å². The number of thiocarbonyl (C=S) groups is 1. The normalized spacial score (nSPS) is 21.4. The Balaban J connectivity index is 1.74. The molecular weight excluding hydrogens is 398 g/mol. The lowest BCUT2D eigenvalue weighted by molar-refractivity contribution is 0.0937. The molecule has 0 saturated heterocycles. The van der Waals surface area contributed by atoms with Crippen molar-refractivity contribution in [2.24, 2.45) is 17.8 Å². The molecule has 1 aliphatic carbocycles. The van der Waals surface area contributed by atoms with E-state index in [1.165, 1.54) is 17.5 Å². The summed E-state index contributed by atoms with van der Waals surface area (Å²) in [5.74, 6) is 0.950. The Labute approximate surface area is 182 Å². The highest BCUT2D eigenvalue weighted by atomic mass is 32.1. The lowest BCUT2D eigenvalue weighted by Crippen LogP contribution is -2.52. The van der Waals surface area contributed by atoms with Crippen molar-refractivity contribution in [1.29, 1.82) is 0 Å². The molecule has 0 spiro atoms. The van der Waals surface area contributed by atoms with E-state index in [9.17, 15) is 9.59 Å². The Morgan fingerprint density at radius 1 is 1.20 bits per heavy atom. The van der Waals surface area contributed by atoms with Gasteiger partial charge in [0.2, 0.25) is 0 Å². The number of nitrogens with one attached hydrogen (secondary N) is 3. The smallest absolute Gasteiger partial charge is 0.290 e. The summed E-state index contributed by atoms with van der Waals surface area (Å²) in [6.45, 7) is 8.94. The van der Waals surface area contributed by atoms with Gasteiger partial charge in [-0.25, -0.2) is 4.68 Å². The van der Waals surface area contributed by atoms with Gasteiger partial charge >= 0.3 is 0 Å². The van der Waals surface area contributed by atoms with E-state index in [2.05, 4.69) is 35.1 Å². The molecule has 162 valence electrons. The Bertz CT molecular complexity index is 987. The summed E-state index contributed by atoms with van der Waals surface area (Å²) in [6, 6.07) is 7.32. The number of amides is 1. The first kappa shape index (κ1) is 22.2. The van der Waals surface area contributed by atoms with E-state index < -0.39 is 5.91 Å². The number of nitrogens with zero attached hydrogens (tertiary/aromatic N) is 2. The SMILES string of the molecule is CC(C)Cn1nc(C(=O)NNC(=S)N[C@H]2CCC[C@H](C)[C@H]2C)c2ccccc2c1=O. The van der Waals surface area contributed by atoms with Crippen molar-refractivity contribution in [3.05, 3.63) is 40.3 Å². The number of carbonyl (C=O) groups excluding carboxylic acids is 1. The average Bonchev–Trinajstić information content (AvgIpc) is 2.71. The van der Waals surface area contributed by atoms with E-state index in [-0.39, 0.29) is 23.2 Å². The molecule has 0 unspecified atom stereocenters. The van der Waals surface area contributed by atoms with Crippen molar-refractivity contribution in [1.82, 2.24) is 25.9 Å². The van der Waals surface area contributed by atoms with Crippen LogP contribution in [-0.4, -0.2) is 26.8 Å². The van der Waals surface area contributed by atoms with Crippen LogP contribution < -0.4 is 21.7 Å². The van der Waals surface area contributed by atoms with Crippen molar-refractivity contribution in [2.75, 3.05) is 0 Å². The molecular formula is C22H31N5O2S. The molecule has 0 bridgehead atoms. The summed E-state index contributed by atoms with van der Waals surface area (Å²) in [6.07, 6.45) is 3.47. The number of fused-ring (bicyclic) bond motifs is 1. The van der Waals surface area contributed by atoms with Crippen LogP contribution in [0, 0.1) is 17.8 Å². The van der Waals surface area contributed by atoms with Crippen LogP contribution in [-0.2, 0) is 6.54 Å². The van der Waals surface area contributed by atoms with E-state index in [4.69, 9.17) is 12.2 Å². The van der Waals surface area contributed by atoms with Crippen LogP contribution in [0.4, 0.5) is 0 Å².